The predicted molar refractivity (Wildman–Crippen MR) is 91.3 cm³/mol. The molecule has 0 spiro atoms. The molecule has 2 heterocycles. The Kier molecular flexibility index (Phi) is 5.61. The Labute approximate surface area is 142 Å². The van der Waals surface area contributed by atoms with Crippen LogP contribution in [-0.4, -0.2) is 47.3 Å². The molecule has 0 fully saturated rings. The van der Waals surface area contributed by atoms with E-state index < -0.39 is 0 Å². The molecule has 1 aromatic heterocycles. The molecular weight excluding hydrogens is 304 g/mol. The zero-order chi connectivity index (χ0) is 16.8. The zero-order valence-electron chi connectivity index (χ0n) is 14.0. The summed E-state index contributed by atoms with van der Waals surface area (Å²) in [6.07, 6.45) is 2.26. The molecule has 0 saturated heterocycles. The lowest BCUT2D eigenvalue weighted by Gasteiger charge is -2.33. The summed E-state index contributed by atoms with van der Waals surface area (Å²) >= 11 is 0. The van der Waals surface area contributed by atoms with Crippen LogP contribution in [0.1, 0.15) is 23.7 Å². The molecule has 0 aliphatic carbocycles. The van der Waals surface area contributed by atoms with E-state index in [4.69, 9.17) is 4.74 Å². The van der Waals surface area contributed by atoms with Gasteiger partial charge in [0.15, 0.2) is 0 Å². The van der Waals surface area contributed by atoms with Crippen LogP contribution in [0.4, 0.5) is 0 Å². The van der Waals surface area contributed by atoms with Gasteiger partial charge in [-0.2, -0.15) is 5.10 Å². The molecule has 6 heteroatoms. The van der Waals surface area contributed by atoms with Gasteiger partial charge >= 0.3 is 0 Å². The summed E-state index contributed by atoms with van der Waals surface area (Å²) in [6.45, 7) is 3.82. The molecule has 2 aromatic rings. The smallest absolute Gasteiger partial charge is 0.221 e. The van der Waals surface area contributed by atoms with Gasteiger partial charge in [0.2, 0.25) is 5.91 Å². The van der Waals surface area contributed by atoms with Gasteiger partial charge in [0.1, 0.15) is 0 Å². The van der Waals surface area contributed by atoms with Gasteiger partial charge in [-0.1, -0.05) is 30.3 Å². The average molecular weight is 328 g/mol. The molecule has 1 aliphatic heterocycles. The van der Waals surface area contributed by atoms with Crippen molar-refractivity contribution in [3.63, 3.8) is 0 Å². The molecular formula is C18H24N4O2. The van der Waals surface area contributed by atoms with Gasteiger partial charge in [0.25, 0.3) is 0 Å². The molecule has 0 bridgehead atoms. The lowest BCUT2D eigenvalue weighted by atomic mass is 10.1. The molecule has 1 aliphatic rings. The van der Waals surface area contributed by atoms with E-state index in [1.165, 1.54) is 5.56 Å². The maximum atomic E-state index is 11.7. The molecule has 24 heavy (non-hydrogen) atoms. The third kappa shape index (κ3) is 4.21. The van der Waals surface area contributed by atoms with Crippen LogP contribution in [-0.2, 0) is 22.7 Å². The summed E-state index contributed by atoms with van der Waals surface area (Å²) in [4.78, 5) is 14.1. The molecule has 0 unspecified atom stereocenters. The number of nitrogens with one attached hydrogen (secondary N) is 1. The lowest BCUT2D eigenvalue weighted by Crippen LogP contribution is -2.41. The third-order valence-corrected chi connectivity index (χ3v) is 4.32. The van der Waals surface area contributed by atoms with Crippen LogP contribution in [0.2, 0.25) is 0 Å². The van der Waals surface area contributed by atoms with Gasteiger partial charge in [0, 0.05) is 32.9 Å². The highest BCUT2D eigenvalue weighted by Crippen LogP contribution is 2.22. The Morgan fingerprint density at radius 3 is 2.96 bits per heavy atom. The number of amides is 1. The summed E-state index contributed by atoms with van der Waals surface area (Å²) in [5.41, 5.74) is 2.34. The second kappa shape index (κ2) is 8.08. The second-order valence-electron chi connectivity index (χ2n) is 6.07. The number of hydrogen-bond donors (Lipinski definition) is 1. The number of ether oxygens (including phenoxy) is 1. The molecule has 0 saturated carbocycles. The number of fused-ring (bicyclic) bond motifs is 1. The lowest BCUT2D eigenvalue weighted by molar-refractivity contribution is -0.121. The molecule has 128 valence electrons. The van der Waals surface area contributed by atoms with Crippen molar-refractivity contribution in [3.8, 4) is 0 Å². The van der Waals surface area contributed by atoms with E-state index in [2.05, 4.69) is 27.4 Å². The molecule has 1 aromatic carbocycles. The van der Waals surface area contributed by atoms with Crippen molar-refractivity contribution in [3.05, 3.63) is 53.9 Å². The fourth-order valence-corrected chi connectivity index (χ4v) is 3.06. The molecule has 1 atom stereocenters. The Balaban J connectivity index is 1.50. The van der Waals surface area contributed by atoms with Crippen molar-refractivity contribution in [1.82, 2.24) is 20.0 Å². The Hall–Kier alpha value is -2.18. The fraction of sp³-hybridized carbons (Fsp3) is 0.444. The van der Waals surface area contributed by atoms with E-state index >= 15 is 0 Å². The summed E-state index contributed by atoms with van der Waals surface area (Å²) in [7, 11) is 1.67. The standard InChI is InChI=1S/C18H24N4O2/c1-19-18(23)11-17-13-21(12-16-7-8-20-22(16)17)9-10-24-14-15-5-3-2-4-6-15/h2-8,17H,9-14H2,1H3,(H,19,23)/t17-/m0/s1. The van der Waals surface area contributed by atoms with Crippen LogP contribution < -0.4 is 5.32 Å². The van der Waals surface area contributed by atoms with Crippen LogP contribution in [0.25, 0.3) is 0 Å². The maximum absolute atomic E-state index is 11.7. The SMILES string of the molecule is CNC(=O)C[C@H]1CN(CCOCc2ccccc2)Cc2ccnn21. The Morgan fingerprint density at radius 2 is 2.17 bits per heavy atom. The monoisotopic (exact) mass is 328 g/mol. The van der Waals surface area contributed by atoms with E-state index in [1.807, 2.05) is 35.1 Å². The topological polar surface area (TPSA) is 59.4 Å². The largest absolute Gasteiger partial charge is 0.375 e. The highest BCUT2D eigenvalue weighted by atomic mass is 16.5. The first kappa shape index (κ1) is 16.7. The van der Waals surface area contributed by atoms with Crippen molar-refractivity contribution in [2.45, 2.75) is 25.6 Å². The van der Waals surface area contributed by atoms with Crippen molar-refractivity contribution in [1.29, 1.82) is 0 Å². The molecule has 6 nitrogen and oxygen atoms in total. The van der Waals surface area contributed by atoms with Crippen LogP contribution in [0.3, 0.4) is 0 Å². The van der Waals surface area contributed by atoms with Crippen molar-refractivity contribution in [2.75, 3.05) is 26.7 Å². The number of aromatic nitrogens is 2. The van der Waals surface area contributed by atoms with Gasteiger partial charge in [-0.05, 0) is 11.6 Å². The number of hydrogen-bond acceptors (Lipinski definition) is 4. The first-order chi connectivity index (χ1) is 11.8. The van der Waals surface area contributed by atoms with E-state index in [9.17, 15) is 4.79 Å². The Bertz CT molecular complexity index is 656. The first-order valence-corrected chi connectivity index (χ1v) is 8.33. The zero-order valence-corrected chi connectivity index (χ0v) is 14.0. The van der Waals surface area contributed by atoms with E-state index in [1.54, 1.807) is 7.05 Å². The van der Waals surface area contributed by atoms with Crippen LogP contribution in [0, 0.1) is 0 Å². The summed E-state index contributed by atoms with van der Waals surface area (Å²) in [5, 5.41) is 7.07. The van der Waals surface area contributed by atoms with Gasteiger partial charge in [-0.15, -0.1) is 0 Å². The van der Waals surface area contributed by atoms with Crippen molar-refractivity contribution in [2.24, 2.45) is 0 Å². The molecule has 0 radical (unpaired) electrons. The van der Waals surface area contributed by atoms with Crippen LogP contribution >= 0.6 is 0 Å². The van der Waals surface area contributed by atoms with E-state index in [-0.39, 0.29) is 11.9 Å². The van der Waals surface area contributed by atoms with Crippen LogP contribution in [0.15, 0.2) is 42.6 Å². The first-order valence-electron chi connectivity index (χ1n) is 8.33. The van der Waals surface area contributed by atoms with Crippen LogP contribution in [0.5, 0.6) is 0 Å². The number of carbonyl (C=O) groups is 1. The minimum Gasteiger partial charge on any atom is -0.375 e. The van der Waals surface area contributed by atoms with Gasteiger partial charge < -0.3 is 10.1 Å². The van der Waals surface area contributed by atoms with E-state index in [0.717, 1.165) is 25.3 Å². The van der Waals surface area contributed by atoms with Gasteiger partial charge in [-0.25, -0.2) is 0 Å². The number of carbonyl (C=O) groups excluding carboxylic acids is 1. The predicted octanol–water partition coefficient (Wildman–Crippen LogP) is 1.59. The Morgan fingerprint density at radius 1 is 1.33 bits per heavy atom. The highest BCUT2D eigenvalue weighted by Gasteiger charge is 2.26. The number of nitrogens with zero attached hydrogens (tertiary/aromatic N) is 3. The number of benzene rings is 1. The van der Waals surface area contributed by atoms with Crippen molar-refractivity contribution >= 4 is 5.91 Å². The maximum Gasteiger partial charge on any atom is 0.221 e. The second-order valence-corrected chi connectivity index (χ2v) is 6.07. The fourth-order valence-electron chi connectivity index (χ4n) is 3.06. The average Bonchev–Trinajstić information content (AvgIpc) is 3.08. The summed E-state index contributed by atoms with van der Waals surface area (Å²) < 4.78 is 7.77. The van der Waals surface area contributed by atoms with Crippen molar-refractivity contribution < 1.29 is 9.53 Å². The third-order valence-electron chi connectivity index (χ3n) is 4.32. The normalized spacial score (nSPS) is 17.5. The molecule has 1 amide bonds. The van der Waals surface area contributed by atoms with Gasteiger partial charge in [0.05, 0.1) is 31.4 Å². The molecule has 1 N–H and O–H groups in total. The minimum atomic E-state index is 0.0450. The highest BCUT2D eigenvalue weighted by molar-refractivity contribution is 5.76. The van der Waals surface area contributed by atoms with Gasteiger partial charge in [-0.3, -0.25) is 14.4 Å². The summed E-state index contributed by atoms with van der Waals surface area (Å²) in [6, 6.07) is 12.3. The quantitative estimate of drug-likeness (QED) is 0.784. The molecule has 3 rings (SSSR count). The minimum absolute atomic E-state index is 0.0450. The summed E-state index contributed by atoms with van der Waals surface area (Å²) in [5.74, 6) is 0.0450. The van der Waals surface area contributed by atoms with E-state index in [0.29, 0.717) is 19.6 Å². The number of rotatable bonds is 7.